The van der Waals surface area contributed by atoms with Crippen molar-refractivity contribution in [3.63, 3.8) is 0 Å². The second-order valence-electron chi connectivity index (χ2n) is 6.51. The lowest BCUT2D eigenvalue weighted by molar-refractivity contribution is -0.143. The zero-order valence-corrected chi connectivity index (χ0v) is 13.9. The first kappa shape index (κ1) is 18.6. The number of nitrogens with zero attached hydrogens (tertiary/aromatic N) is 5. The number of likely N-dealkylation sites (tertiary alicyclic amines) is 1. The molecule has 1 atom stereocenters. The second kappa shape index (κ2) is 7.91. The van der Waals surface area contributed by atoms with E-state index < -0.39 is 12.7 Å². The van der Waals surface area contributed by atoms with E-state index in [4.69, 9.17) is 0 Å². The zero-order valence-electron chi connectivity index (χ0n) is 13.9. The molecule has 0 unspecified atom stereocenters. The van der Waals surface area contributed by atoms with Crippen LogP contribution in [0, 0.1) is 11.8 Å². The first-order valence-corrected chi connectivity index (χ1v) is 8.06. The first-order valence-electron chi connectivity index (χ1n) is 8.06. The maximum absolute atomic E-state index is 12.5. The van der Waals surface area contributed by atoms with Crippen molar-refractivity contribution in [2.45, 2.75) is 46.0 Å². The Balaban J connectivity index is 1.87. The van der Waals surface area contributed by atoms with Crippen LogP contribution in [0.2, 0.25) is 0 Å². The van der Waals surface area contributed by atoms with Crippen LogP contribution in [0.4, 0.5) is 13.2 Å². The maximum Gasteiger partial charge on any atom is 0.408 e. The molecule has 1 amide bonds. The summed E-state index contributed by atoms with van der Waals surface area (Å²) in [6.07, 6.45) is -2.43. The number of carbonyl (C=O) groups is 1. The van der Waals surface area contributed by atoms with Crippen molar-refractivity contribution in [2.75, 3.05) is 19.6 Å². The number of tetrazole rings is 1. The molecular weight excluding hydrogens is 325 g/mol. The number of aromatic nitrogens is 4. The van der Waals surface area contributed by atoms with Gasteiger partial charge in [-0.05, 0) is 35.7 Å². The van der Waals surface area contributed by atoms with Gasteiger partial charge in [0.05, 0.1) is 6.54 Å². The van der Waals surface area contributed by atoms with Crippen LogP contribution >= 0.6 is 0 Å². The lowest BCUT2D eigenvalue weighted by Gasteiger charge is -2.32. The predicted molar refractivity (Wildman–Crippen MR) is 79.7 cm³/mol. The molecule has 10 heteroatoms. The normalized spacial score (nSPS) is 19.7. The predicted octanol–water partition coefficient (Wildman–Crippen LogP) is 1.22. The van der Waals surface area contributed by atoms with Gasteiger partial charge in [-0.1, -0.05) is 13.8 Å². The number of rotatable bonds is 6. The fourth-order valence-electron chi connectivity index (χ4n) is 2.74. The molecule has 1 fully saturated rings. The van der Waals surface area contributed by atoms with Crippen molar-refractivity contribution in [3.8, 4) is 0 Å². The van der Waals surface area contributed by atoms with Gasteiger partial charge in [-0.3, -0.25) is 9.69 Å². The minimum absolute atomic E-state index is 0.0150. The van der Waals surface area contributed by atoms with Crippen LogP contribution in [-0.2, 0) is 17.9 Å². The summed E-state index contributed by atoms with van der Waals surface area (Å²) in [4.78, 5) is 13.7. The topological polar surface area (TPSA) is 75.9 Å². The summed E-state index contributed by atoms with van der Waals surface area (Å²) < 4.78 is 38.3. The Bertz CT molecular complexity index is 545. The van der Waals surface area contributed by atoms with Gasteiger partial charge in [0.2, 0.25) is 5.91 Å². The summed E-state index contributed by atoms with van der Waals surface area (Å²) in [5, 5.41) is 13.4. The number of hydrogen-bond donors (Lipinski definition) is 1. The number of nitrogens with one attached hydrogen (secondary N) is 1. The van der Waals surface area contributed by atoms with Crippen LogP contribution in [-0.4, -0.2) is 56.8 Å². The molecule has 0 spiro atoms. The molecule has 7 nitrogen and oxygen atoms in total. The van der Waals surface area contributed by atoms with E-state index in [9.17, 15) is 18.0 Å². The molecule has 1 aliphatic rings. The largest absolute Gasteiger partial charge is 0.408 e. The van der Waals surface area contributed by atoms with Gasteiger partial charge in [0.25, 0.3) is 0 Å². The van der Waals surface area contributed by atoms with Crippen molar-refractivity contribution in [1.82, 2.24) is 30.4 Å². The molecule has 1 aliphatic heterocycles. The fraction of sp³-hybridized carbons (Fsp3) is 0.857. The monoisotopic (exact) mass is 348 g/mol. The smallest absolute Gasteiger partial charge is 0.356 e. The Labute approximate surface area is 138 Å². The van der Waals surface area contributed by atoms with Crippen LogP contribution in [0.5, 0.6) is 0 Å². The molecule has 0 radical (unpaired) electrons. The standard InChI is InChI=1S/C14H23F3N6O/c1-10(2)13(24)18-6-11-4-3-5-22(7-11)8-12-19-20-21-23(12)9-14(15,16)17/h10-11H,3-9H2,1-2H3,(H,18,24)/t11-/m0/s1. The third-order valence-corrected chi connectivity index (χ3v) is 3.99. The maximum atomic E-state index is 12.5. The highest BCUT2D eigenvalue weighted by atomic mass is 19.4. The summed E-state index contributed by atoms with van der Waals surface area (Å²) in [7, 11) is 0. The van der Waals surface area contributed by atoms with Crippen LogP contribution < -0.4 is 5.32 Å². The number of hydrogen-bond acceptors (Lipinski definition) is 5. The van der Waals surface area contributed by atoms with Crippen LogP contribution in [0.1, 0.15) is 32.5 Å². The summed E-state index contributed by atoms with van der Waals surface area (Å²) in [6, 6.07) is 0. The van der Waals surface area contributed by atoms with Crippen molar-refractivity contribution in [2.24, 2.45) is 11.8 Å². The van der Waals surface area contributed by atoms with E-state index >= 15 is 0 Å². The van der Waals surface area contributed by atoms with E-state index in [2.05, 4.69) is 20.8 Å². The van der Waals surface area contributed by atoms with Gasteiger partial charge >= 0.3 is 6.18 Å². The van der Waals surface area contributed by atoms with Gasteiger partial charge < -0.3 is 5.32 Å². The van der Waals surface area contributed by atoms with Gasteiger partial charge in [-0.15, -0.1) is 5.10 Å². The van der Waals surface area contributed by atoms with Crippen LogP contribution in [0.15, 0.2) is 0 Å². The molecule has 136 valence electrons. The number of piperidine rings is 1. The molecule has 1 aromatic rings. The van der Waals surface area contributed by atoms with Crippen LogP contribution in [0.25, 0.3) is 0 Å². The fourth-order valence-corrected chi connectivity index (χ4v) is 2.74. The SMILES string of the molecule is CC(C)C(=O)NC[C@@H]1CCCN(Cc2nnnn2CC(F)(F)F)C1. The Kier molecular flexibility index (Phi) is 6.14. The van der Waals surface area contributed by atoms with E-state index in [0.717, 1.165) is 24.1 Å². The molecule has 2 heterocycles. The first-order chi connectivity index (χ1) is 11.2. The molecule has 0 aliphatic carbocycles. The van der Waals surface area contributed by atoms with Gasteiger partial charge in [-0.2, -0.15) is 13.2 Å². The van der Waals surface area contributed by atoms with E-state index in [0.29, 0.717) is 13.1 Å². The minimum Gasteiger partial charge on any atom is -0.356 e. The average molecular weight is 348 g/mol. The van der Waals surface area contributed by atoms with Gasteiger partial charge in [-0.25, -0.2) is 4.68 Å². The number of halogens is 3. The summed E-state index contributed by atoms with van der Waals surface area (Å²) in [5.74, 6) is 0.450. The molecule has 0 saturated carbocycles. The van der Waals surface area contributed by atoms with Gasteiger partial charge in [0.1, 0.15) is 6.54 Å². The van der Waals surface area contributed by atoms with E-state index in [1.165, 1.54) is 0 Å². The Morgan fingerprint density at radius 1 is 1.42 bits per heavy atom. The van der Waals surface area contributed by atoms with Crippen molar-refractivity contribution >= 4 is 5.91 Å². The second-order valence-corrected chi connectivity index (χ2v) is 6.51. The lowest BCUT2D eigenvalue weighted by atomic mass is 9.97. The molecule has 1 N–H and O–H groups in total. The van der Waals surface area contributed by atoms with Crippen molar-refractivity contribution in [1.29, 1.82) is 0 Å². The molecule has 1 aromatic heterocycles. The Morgan fingerprint density at radius 2 is 2.17 bits per heavy atom. The van der Waals surface area contributed by atoms with E-state index in [1.807, 2.05) is 18.7 Å². The van der Waals surface area contributed by atoms with Crippen molar-refractivity contribution in [3.05, 3.63) is 5.82 Å². The summed E-state index contributed by atoms with van der Waals surface area (Å²) in [5.41, 5.74) is 0. The molecule has 0 bridgehead atoms. The van der Waals surface area contributed by atoms with Crippen LogP contribution in [0.3, 0.4) is 0 Å². The molecule has 0 aromatic carbocycles. The zero-order chi connectivity index (χ0) is 17.7. The van der Waals surface area contributed by atoms with E-state index in [1.54, 1.807) is 0 Å². The molecular formula is C14H23F3N6O. The summed E-state index contributed by atoms with van der Waals surface area (Å²) >= 11 is 0. The third kappa shape index (κ3) is 5.73. The lowest BCUT2D eigenvalue weighted by Crippen LogP contribution is -2.41. The highest BCUT2D eigenvalue weighted by Gasteiger charge is 2.31. The minimum atomic E-state index is -4.35. The highest BCUT2D eigenvalue weighted by molar-refractivity contribution is 5.77. The number of carbonyl (C=O) groups excluding carboxylic acids is 1. The van der Waals surface area contributed by atoms with Gasteiger partial charge in [0, 0.05) is 19.0 Å². The third-order valence-electron chi connectivity index (χ3n) is 3.99. The summed E-state index contributed by atoms with van der Waals surface area (Å²) in [6.45, 7) is 4.84. The molecule has 2 rings (SSSR count). The average Bonchev–Trinajstić information content (AvgIpc) is 2.90. The molecule has 24 heavy (non-hydrogen) atoms. The highest BCUT2D eigenvalue weighted by Crippen LogP contribution is 2.20. The van der Waals surface area contributed by atoms with Gasteiger partial charge in [0.15, 0.2) is 5.82 Å². The molecule has 1 saturated heterocycles. The Hall–Kier alpha value is -1.71. The number of alkyl halides is 3. The number of amides is 1. The van der Waals surface area contributed by atoms with Crippen molar-refractivity contribution < 1.29 is 18.0 Å². The van der Waals surface area contributed by atoms with E-state index in [-0.39, 0.29) is 30.1 Å². The quantitative estimate of drug-likeness (QED) is 0.837. The Morgan fingerprint density at radius 3 is 2.83 bits per heavy atom.